The number of anilines is 2. The van der Waals surface area contributed by atoms with E-state index in [2.05, 4.69) is 25.9 Å². The van der Waals surface area contributed by atoms with Crippen LogP contribution in [-0.4, -0.2) is 21.7 Å². The largest absolute Gasteiger partial charge is 0.382 e. The van der Waals surface area contributed by atoms with Crippen LogP contribution in [0.15, 0.2) is 88.8 Å². The molecule has 5 N–H and O–H groups in total. The average molecular weight is 481 g/mol. The lowest BCUT2D eigenvalue weighted by molar-refractivity contribution is 0.0951. The summed E-state index contributed by atoms with van der Waals surface area (Å²) in [7, 11) is 0. The Hall–Kier alpha value is -4.70. The number of hydrogen-bond acceptors (Lipinski definition) is 7. The normalized spacial score (nSPS) is 11.5. The molecular weight excluding hydrogens is 460 g/mol. The Labute approximate surface area is 204 Å². The number of aromatic nitrogens is 2. The number of thiophene rings is 1. The summed E-state index contributed by atoms with van der Waals surface area (Å²) in [6.07, 6.45) is 3.42. The molecule has 0 saturated carbocycles. The second-order valence-electron chi connectivity index (χ2n) is 7.69. The first-order valence-electron chi connectivity index (χ1n) is 10.7. The van der Waals surface area contributed by atoms with Gasteiger partial charge in [-0.25, -0.2) is 4.98 Å². The van der Waals surface area contributed by atoms with Crippen molar-refractivity contribution in [3.63, 3.8) is 0 Å². The molecule has 9 nitrogen and oxygen atoms in total. The molecule has 0 unspecified atom stereocenters. The van der Waals surface area contributed by atoms with E-state index in [-0.39, 0.29) is 11.7 Å². The monoisotopic (exact) mass is 480 g/mol. The summed E-state index contributed by atoms with van der Waals surface area (Å²) in [6, 6.07) is 18.6. The molecule has 0 aliphatic carbocycles. The van der Waals surface area contributed by atoms with E-state index in [0.29, 0.717) is 23.5 Å². The number of amides is 1. The fraction of sp³-hybridized carbons (Fsp3) is 0.0400. The maximum absolute atomic E-state index is 12.7. The van der Waals surface area contributed by atoms with Gasteiger partial charge in [-0.05, 0) is 47.3 Å². The highest BCUT2D eigenvalue weighted by Crippen LogP contribution is 2.35. The number of fused-ring (bicyclic) bond motifs is 3. The minimum atomic E-state index is -0.177. The van der Waals surface area contributed by atoms with Gasteiger partial charge in [0, 0.05) is 51.2 Å². The van der Waals surface area contributed by atoms with Crippen molar-refractivity contribution >= 4 is 55.6 Å². The van der Waals surface area contributed by atoms with Crippen LogP contribution in [0.1, 0.15) is 21.5 Å². The fourth-order valence-corrected chi connectivity index (χ4v) is 4.66. The number of rotatable bonds is 7. The number of carbonyl (C=O) groups excluding carboxylic acids is 1. The van der Waals surface area contributed by atoms with Crippen molar-refractivity contribution in [2.24, 2.45) is 16.1 Å². The predicted octanol–water partition coefficient (Wildman–Crippen LogP) is 5.17. The molecule has 172 valence electrons. The van der Waals surface area contributed by atoms with Gasteiger partial charge in [-0.15, -0.1) is 16.4 Å². The van der Waals surface area contributed by atoms with Crippen LogP contribution >= 0.6 is 11.3 Å². The van der Waals surface area contributed by atoms with Crippen LogP contribution in [0.5, 0.6) is 0 Å². The molecule has 5 rings (SSSR count). The highest BCUT2D eigenvalue weighted by molar-refractivity contribution is 7.18. The number of carbonyl (C=O) groups is 1. The fourth-order valence-electron chi connectivity index (χ4n) is 3.73. The van der Waals surface area contributed by atoms with Gasteiger partial charge in [-0.2, -0.15) is 5.53 Å². The highest BCUT2D eigenvalue weighted by Gasteiger charge is 2.13. The van der Waals surface area contributed by atoms with E-state index in [1.807, 2.05) is 53.9 Å². The van der Waals surface area contributed by atoms with Crippen molar-refractivity contribution in [3.05, 3.63) is 95.1 Å². The Morgan fingerprint density at radius 3 is 2.80 bits per heavy atom. The number of nitrogens with two attached hydrogens (primary N) is 1. The zero-order valence-electron chi connectivity index (χ0n) is 18.4. The molecular formula is C25H20N8OS. The summed E-state index contributed by atoms with van der Waals surface area (Å²) in [5.41, 5.74) is 16.4. The zero-order valence-corrected chi connectivity index (χ0v) is 19.2. The second kappa shape index (κ2) is 9.65. The minimum absolute atomic E-state index is 0.148. The Morgan fingerprint density at radius 2 is 1.97 bits per heavy atom. The molecule has 35 heavy (non-hydrogen) atoms. The summed E-state index contributed by atoms with van der Waals surface area (Å²) in [6.45, 7) is 0.397. The number of nitrogens with one attached hydrogen (secondary N) is 3. The van der Waals surface area contributed by atoms with Crippen LogP contribution < -0.4 is 16.4 Å². The number of pyridine rings is 2. The van der Waals surface area contributed by atoms with E-state index in [0.717, 1.165) is 32.2 Å². The molecule has 0 aliphatic heterocycles. The van der Waals surface area contributed by atoms with E-state index in [9.17, 15) is 4.79 Å². The Morgan fingerprint density at radius 1 is 1.06 bits per heavy atom. The van der Waals surface area contributed by atoms with E-state index in [4.69, 9.17) is 16.2 Å². The minimum Gasteiger partial charge on any atom is -0.382 e. The quantitative estimate of drug-likeness (QED) is 0.110. The third-order valence-corrected chi connectivity index (χ3v) is 6.36. The number of nitrogens with zero attached hydrogens (tertiary/aromatic N) is 4. The van der Waals surface area contributed by atoms with Gasteiger partial charge in [0.05, 0.1) is 5.52 Å². The van der Waals surface area contributed by atoms with Crippen LogP contribution in [0.25, 0.3) is 21.0 Å². The van der Waals surface area contributed by atoms with Gasteiger partial charge in [0.25, 0.3) is 5.91 Å². The Balaban J connectivity index is 1.44. The molecule has 0 spiro atoms. The van der Waals surface area contributed by atoms with Crippen molar-refractivity contribution in [1.29, 1.82) is 5.53 Å². The molecule has 1 amide bonds. The first-order valence-corrected chi connectivity index (χ1v) is 11.6. The summed E-state index contributed by atoms with van der Waals surface area (Å²) in [4.78, 5) is 21.6. The van der Waals surface area contributed by atoms with Gasteiger partial charge >= 0.3 is 0 Å². The lowest BCUT2D eigenvalue weighted by Gasteiger charge is -2.11. The SMILES string of the molecule is N=N/N=C(\N)c1ccc2c(c1)nc(Nc1cccc(C(=O)NCc3cccnc3)c1)c1ccsc12. The van der Waals surface area contributed by atoms with Gasteiger partial charge in [-0.3, -0.25) is 9.78 Å². The van der Waals surface area contributed by atoms with Crippen molar-refractivity contribution < 1.29 is 4.79 Å². The van der Waals surface area contributed by atoms with Crippen molar-refractivity contribution in [2.45, 2.75) is 6.54 Å². The summed E-state index contributed by atoms with van der Waals surface area (Å²) in [5, 5.41) is 16.9. The van der Waals surface area contributed by atoms with Crippen LogP contribution in [0.2, 0.25) is 0 Å². The predicted molar refractivity (Wildman–Crippen MR) is 138 cm³/mol. The molecule has 0 atom stereocenters. The lowest BCUT2D eigenvalue weighted by Crippen LogP contribution is -2.22. The van der Waals surface area contributed by atoms with Gasteiger partial charge < -0.3 is 16.4 Å². The molecule has 3 heterocycles. The molecule has 5 aromatic rings. The molecule has 10 heteroatoms. The van der Waals surface area contributed by atoms with Crippen molar-refractivity contribution in [3.8, 4) is 0 Å². The summed E-state index contributed by atoms with van der Waals surface area (Å²) < 4.78 is 1.08. The maximum atomic E-state index is 12.7. The van der Waals surface area contributed by atoms with E-state index in [1.165, 1.54) is 0 Å². The lowest BCUT2D eigenvalue weighted by atomic mass is 10.1. The first-order chi connectivity index (χ1) is 17.1. The highest BCUT2D eigenvalue weighted by atomic mass is 32.1. The number of benzene rings is 2. The number of amidine groups is 1. The van der Waals surface area contributed by atoms with Crippen molar-refractivity contribution in [1.82, 2.24) is 15.3 Å². The van der Waals surface area contributed by atoms with Gasteiger partial charge in [0.2, 0.25) is 0 Å². The third-order valence-electron chi connectivity index (χ3n) is 5.41. The van der Waals surface area contributed by atoms with E-state index in [1.54, 1.807) is 35.9 Å². The van der Waals surface area contributed by atoms with Crippen LogP contribution in [-0.2, 0) is 6.54 Å². The zero-order chi connectivity index (χ0) is 24.2. The van der Waals surface area contributed by atoms with Crippen LogP contribution in [0.3, 0.4) is 0 Å². The summed E-state index contributed by atoms with van der Waals surface area (Å²) >= 11 is 1.62. The number of hydrogen-bond donors (Lipinski definition) is 4. The molecule has 0 radical (unpaired) electrons. The Bertz CT molecular complexity index is 1580. The van der Waals surface area contributed by atoms with Crippen LogP contribution in [0, 0.1) is 5.53 Å². The molecule has 3 aromatic heterocycles. The topological polar surface area (TPSA) is 142 Å². The molecule has 0 bridgehead atoms. The van der Waals surface area contributed by atoms with Gasteiger partial charge in [-0.1, -0.05) is 29.5 Å². The van der Waals surface area contributed by atoms with Gasteiger partial charge in [0.15, 0.2) is 5.84 Å². The standard InChI is InChI=1S/C25H20N8OS/c26-23(32-33-27)16-6-7-19-21(12-16)31-24(20-8-10-35-22(19)20)30-18-5-1-4-17(11-18)25(34)29-14-15-3-2-9-28-13-15/h1-13H,14H2,(H,29,34)(H,30,31)(H3,26,27,32). The molecule has 0 aliphatic rings. The van der Waals surface area contributed by atoms with E-state index >= 15 is 0 Å². The molecule has 0 fully saturated rings. The van der Waals surface area contributed by atoms with Gasteiger partial charge in [0.1, 0.15) is 5.82 Å². The first kappa shape index (κ1) is 22.1. The maximum Gasteiger partial charge on any atom is 0.251 e. The molecule has 2 aromatic carbocycles. The van der Waals surface area contributed by atoms with E-state index < -0.39 is 0 Å². The average Bonchev–Trinajstić information content (AvgIpc) is 3.39. The van der Waals surface area contributed by atoms with Crippen LogP contribution in [0.4, 0.5) is 11.5 Å². The summed E-state index contributed by atoms with van der Waals surface area (Å²) in [5.74, 6) is 0.637. The Kier molecular flexibility index (Phi) is 6.10. The van der Waals surface area contributed by atoms with Crippen molar-refractivity contribution in [2.75, 3.05) is 5.32 Å². The molecule has 0 saturated heterocycles. The smallest absolute Gasteiger partial charge is 0.251 e. The third kappa shape index (κ3) is 4.68. The second-order valence-corrected chi connectivity index (χ2v) is 8.61.